The van der Waals surface area contributed by atoms with Gasteiger partial charge in [0, 0.05) is 24.2 Å². The molecule has 0 fully saturated rings. The van der Waals surface area contributed by atoms with Crippen LogP contribution in [0.25, 0.3) is 17.0 Å². The van der Waals surface area contributed by atoms with E-state index in [0.717, 1.165) is 10.9 Å². The number of amides is 1. The molecule has 0 saturated carbocycles. The van der Waals surface area contributed by atoms with Crippen LogP contribution in [0, 0.1) is 5.41 Å². The van der Waals surface area contributed by atoms with Crippen molar-refractivity contribution >= 4 is 92.6 Å². The first kappa shape index (κ1) is 33.8. The number of benzene rings is 2. The number of para-hydroxylation sites is 1. The van der Waals surface area contributed by atoms with Crippen molar-refractivity contribution in [3.8, 4) is 0 Å². The Balaban J connectivity index is 1.83. The van der Waals surface area contributed by atoms with Crippen LogP contribution in [0.1, 0.15) is 18.4 Å². The normalized spacial score (nSPS) is 12.7. The highest BCUT2D eigenvalue weighted by atomic mass is 35.6. The van der Waals surface area contributed by atoms with E-state index in [1.165, 1.54) is 11.0 Å². The Bertz CT molecular complexity index is 1450. The van der Waals surface area contributed by atoms with E-state index in [9.17, 15) is 9.59 Å². The molecule has 8 N–H and O–H groups in total. The maximum Gasteiger partial charge on any atom is 0.324 e. The largest absolute Gasteiger partial charge is 0.443 e. The lowest BCUT2D eigenvalue weighted by atomic mass is 10.2. The molecular weight excluding hydrogens is 635 g/mol. The zero-order valence-corrected chi connectivity index (χ0v) is 25.9. The number of ether oxygens (including phenoxy) is 1. The molecule has 43 heavy (non-hydrogen) atoms. The molecule has 0 saturated heterocycles. The van der Waals surface area contributed by atoms with Gasteiger partial charge in [0.25, 0.3) is 0 Å². The van der Waals surface area contributed by atoms with Crippen LogP contribution in [0.15, 0.2) is 72.9 Å². The number of alkyl halides is 3. The van der Waals surface area contributed by atoms with Gasteiger partial charge in [0.1, 0.15) is 6.04 Å². The molecule has 3 aromatic rings. The molecule has 0 spiro atoms. The minimum atomic E-state index is -2.13. The molecule has 0 bridgehead atoms. The summed E-state index contributed by atoms with van der Waals surface area (Å²) in [6, 6.07) is 17.3. The van der Waals surface area contributed by atoms with E-state index in [4.69, 9.17) is 68.6 Å². The number of fused-ring (bicyclic) bond motifs is 1. The molecule has 0 aliphatic rings. The molecule has 228 valence electrons. The molecule has 1 unspecified atom stereocenters. The Morgan fingerprint density at radius 1 is 1.12 bits per heavy atom. The van der Waals surface area contributed by atoms with Crippen molar-refractivity contribution in [2.45, 2.75) is 28.8 Å². The SMILES string of the molecule is N=C(N)NCCC[C@H](N)C(=O)OCN(C(=S)Nc1cccc2cccnc12)C(NC(=O)/C=C/c1ccccc1)C(Cl)(Cl)Cl. The average Bonchev–Trinajstić information content (AvgIpc) is 2.97. The van der Waals surface area contributed by atoms with Crippen molar-refractivity contribution < 1.29 is 14.3 Å². The second kappa shape index (κ2) is 16.2. The number of pyridine rings is 1. The summed E-state index contributed by atoms with van der Waals surface area (Å²) in [5.74, 6) is -1.53. The lowest BCUT2D eigenvalue weighted by Crippen LogP contribution is -2.59. The lowest BCUT2D eigenvalue weighted by Gasteiger charge is -2.37. The molecule has 1 heterocycles. The lowest BCUT2D eigenvalue weighted by molar-refractivity contribution is -0.149. The number of guanidine groups is 1. The number of carbonyl (C=O) groups excluding carboxylic acids is 2. The number of nitrogens with two attached hydrogens (primary N) is 2. The van der Waals surface area contributed by atoms with Gasteiger partial charge in [-0.25, -0.2) is 0 Å². The van der Waals surface area contributed by atoms with Crippen molar-refractivity contribution in [2.24, 2.45) is 11.5 Å². The maximum atomic E-state index is 12.9. The third-order valence-corrected chi connectivity index (χ3v) is 6.88. The zero-order valence-electron chi connectivity index (χ0n) is 22.8. The number of halogens is 3. The fourth-order valence-corrected chi connectivity index (χ4v) is 4.59. The fraction of sp³-hybridized carbons (Fsp3) is 0.250. The van der Waals surface area contributed by atoms with Crippen molar-refractivity contribution in [1.29, 1.82) is 5.41 Å². The molecular formula is C28H31Cl3N8O3S. The van der Waals surface area contributed by atoms with Gasteiger partial charge in [0.05, 0.1) is 11.2 Å². The first-order valence-corrected chi connectivity index (χ1v) is 14.5. The van der Waals surface area contributed by atoms with Gasteiger partial charge in [-0.2, -0.15) is 0 Å². The number of esters is 1. The van der Waals surface area contributed by atoms with E-state index >= 15 is 0 Å². The summed E-state index contributed by atoms with van der Waals surface area (Å²) >= 11 is 24.7. The van der Waals surface area contributed by atoms with Crippen LogP contribution in [0.4, 0.5) is 5.69 Å². The Kier molecular flexibility index (Phi) is 12.8. The molecule has 2 aromatic carbocycles. The first-order valence-electron chi connectivity index (χ1n) is 13.0. The standard InChI is InChI=1S/C28H31Cl3N8O3S/c29-28(30,31)25(38-22(40)14-13-18-7-2-1-3-8-18)39(17-42-24(41)20(32)11-6-16-36-26(33)34)27(43)37-21-12-4-9-19-10-5-15-35-23(19)21/h1-5,7-10,12-15,20,25H,6,11,16-17,32H2,(H,37,43)(H,38,40)(H4,33,34,36)/b14-13+/t20-,25?/m0/s1. The summed E-state index contributed by atoms with van der Waals surface area (Å²) in [7, 11) is 0. The Hall–Kier alpha value is -3.68. The number of nitrogens with one attached hydrogen (secondary N) is 4. The highest BCUT2D eigenvalue weighted by molar-refractivity contribution is 7.80. The van der Waals surface area contributed by atoms with Crippen LogP contribution >= 0.6 is 47.0 Å². The minimum Gasteiger partial charge on any atom is -0.443 e. The van der Waals surface area contributed by atoms with Crippen LogP contribution in [0.5, 0.6) is 0 Å². The topological polar surface area (TPSA) is 171 Å². The third-order valence-electron chi connectivity index (χ3n) is 5.92. The second-order valence-electron chi connectivity index (χ2n) is 9.16. The van der Waals surface area contributed by atoms with Gasteiger partial charge >= 0.3 is 5.97 Å². The van der Waals surface area contributed by atoms with Gasteiger partial charge in [0.2, 0.25) is 9.70 Å². The summed E-state index contributed by atoms with van der Waals surface area (Å²) in [5, 5.41) is 16.3. The van der Waals surface area contributed by atoms with Crippen LogP contribution < -0.4 is 27.4 Å². The van der Waals surface area contributed by atoms with Crippen LogP contribution in [-0.2, 0) is 14.3 Å². The highest BCUT2D eigenvalue weighted by Crippen LogP contribution is 2.33. The third kappa shape index (κ3) is 10.8. The van der Waals surface area contributed by atoms with Gasteiger partial charge in [-0.1, -0.05) is 83.3 Å². The van der Waals surface area contributed by atoms with E-state index in [1.54, 1.807) is 24.4 Å². The molecule has 1 aromatic heterocycles. The number of thiocarbonyl (C=S) groups is 1. The summed E-state index contributed by atoms with van der Waals surface area (Å²) in [6.07, 6.45) is 3.81. The molecule has 1 amide bonds. The van der Waals surface area contributed by atoms with E-state index in [-0.39, 0.29) is 17.5 Å². The van der Waals surface area contributed by atoms with Gasteiger partial charge in [-0.3, -0.25) is 24.9 Å². The number of anilines is 1. The van der Waals surface area contributed by atoms with Crippen LogP contribution in [0.3, 0.4) is 0 Å². The van der Waals surface area contributed by atoms with E-state index < -0.39 is 34.6 Å². The predicted molar refractivity (Wildman–Crippen MR) is 176 cm³/mol. The summed E-state index contributed by atoms with van der Waals surface area (Å²) < 4.78 is 3.33. The molecule has 11 nitrogen and oxygen atoms in total. The van der Waals surface area contributed by atoms with Crippen molar-refractivity contribution in [2.75, 3.05) is 18.6 Å². The second-order valence-corrected chi connectivity index (χ2v) is 11.9. The predicted octanol–water partition coefficient (Wildman–Crippen LogP) is 3.85. The van der Waals surface area contributed by atoms with E-state index in [0.29, 0.717) is 24.2 Å². The number of aromatic nitrogens is 1. The molecule has 15 heteroatoms. The zero-order chi connectivity index (χ0) is 31.4. The summed E-state index contributed by atoms with van der Waals surface area (Å²) in [6.45, 7) is -0.170. The number of rotatable bonds is 12. The molecule has 3 rings (SSSR count). The van der Waals surface area contributed by atoms with Crippen molar-refractivity contribution in [1.82, 2.24) is 20.5 Å². The number of hydrogen-bond donors (Lipinski definition) is 6. The Morgan fingerprint density at radius 2 is 1.84 bits per heavy atom. The van der Waals surface area contributed by atoms with Crippen molar-refractivity contribution in [3.05, 3.63) is 78.5 Å². The quantitative estimate of drug-likeness (QED) is 0.0244. The summed E-state index contributed by atoms with van der Waals surface area (Å²) in [4.78, 5) is 31.3. The van der Waals surface area contributed by atoms with Crippen LogP contribution in [-0.4, -0.2) is 62.1 Å². The fourth-order valence-electron chi connectivity index (χ4n) is 3.80. The smallest absolute Gasteiger partial charge is 0.324 e. The van der Waals surface area contributed by atoms with E-state index in [1.807, 2.05) is 48.5 Å². The Labute approximate surface area is 269 Å². The summed E-state index contributed by atoms with van der Waals surface area (Å²) in [5.41, 5.74) is 13.2. The molecule has 0 aliphatic heterocycles. The van der Waals surface area contributed by atoms with Crippen molar-refractivity contribution in [3.63, 3.8) is 0 Å². The first-order chi connectivity index (χ1) is 20.5. The molecule has 0 aliphatic carbocycles. The van der Waals surface area contributed by atoms with Gasteiger partial charge < -0.3 is 32.2 Å². The average molecular weight is 666 g/mol. The molecule has 0 radical (unpaired) electrons. The number of nitrogens with zero attached hydrogens (tertiary/aromatic N) is 2. The Morgan fingerprint density at radius 3 is 2.53 bits per heavy atom. The highest BCUT2D eigenvalue weighted by Gasteiger charge is 2.40. The number of hydrogen-bond acceptors (Lipinski definition) is 7. The maximum absolute atomic E-state index is 12.9. The minimum absolute atomic E-state index is 0.0335. The molecule has 2 atom stereocenters. The van der Waals surface area contributed by atoms with Gasteiger partial charge in [-0.15, -0.1) is 0 Å². The van der Waals surface area contributed by atoms with Crippen LogP contribution in [0.2, 0.25) is 0 Å². The van der Waals surface area contributed by atoms with Gasteiger partial charge in [-0.05, 0) is 48.8 Å². The van der Waals surface area contributed by atoms with E-state index in [2.05, 4.69) is 20.9 Å². The van der Waals surface area contributed by atoms with Gasteiger partial charge in [0.15, 0.2) is 24.0 Å². The monoisotopic (exact) mass is 664 g/mol. The number of carbonyl (C=O) groups is 2.